The van der Waals surface area contributed by atoms with Crippen molar-refractivity contribution in [3.05, 3.63) is 23.7 Å². The summed E-state index contributed by atoms with van der Waals surface area (Å²) in [5.41, 5.74) is 0. The van der Waals surface area contributed by atoms with Crippen molar-refractivity contribution in [1.82, 2.24) is 5.32 Å². The zero-order valence-electron chi connectivity index (χ0n) is 10.9. The Balaban J connectivity index is 1.78. The van der Waals surface area contributed by atoms with Gasteiger partial charge in [-0.25, -0.2) is 0 Å². The van der Waals surface area contributed by atoms with Crippen molar-refractivity contribution < 1.29 is 4.42 Å². The summed E-state index contributed by atoms with van der Waals surface area (Å²) in [7, 11) is 0. The molecule has 0 bridgehead atoms. The smallest absolute Gasteiger partial charge is 0.117 e. The summed E-state index contributed by atoms with van der Waals surface area (Å²) in [5, 5.41) is 3.56. The van der Waals surface area contributed by atoms with Crippen LogP contribution in [0.3, 0.4) is 0 Å². The van der Waals surface area contributed by atoms with E-state index in [1.807, 2.05) is 11.8 Å². The van der Waals surface area contributed by atoms with Crippen molar-refractivity contribution >= 4 is 11.8 Å². The summed E-state index contributed by atoms with van der Waals surface area (Å²) >= 11 is 2.03. The van der Waals surface area contributed by atoms with Gasteiger partial charge in [-0.05, 0) is 31.2 Å². The van der Waals surface area contributed by atoms with Crippen LogP contribution in [-0.4, -0.2) is 17.5 Å². The van der Waals surface area contributed by atoms with Gasteiger partial charge >= 0.3 is 0 Å². The van der Waals surface area contributed by atoms with Gasteiger partial charge in [0, 0.05) is 17.7 Å². The second-order valence-corrected chi connectivity index (χ2v) is 6.19. The minimum atomic E-state index is 0.486. The zero-order valence-corrected chi connectivity index (χ0v) is 11.7. The van der Waals surface area contributed by atoms with Crippen LogP contribution in [0.15, 0.2) is 16.5 Å². The Morgan fingerprint density at radius 3 is 2.59 bits per heavy atom. The Hall–Kier alpha value is -0.410. The lowest BCUT2D eigenvalue weighted by Crippen LogP contribution is -2.34. The van der Waals surface area contributed by atoms with Gasteiger partial charge in [0.1, 0.15) is 11.5 Å². The van der Waals surface area contributed by atoms with Crippen molar-refractivity contribution in [2.24, 2.45) is 0 Å². The highest BCUT2D eigenvalue weighted by Gasteiger charge is 2.32. The van der Waals surface area contributed by atoms with Gasteiger partial charge < -0.3 is 9.73 Å². The fourth-order valence-electron chi connectivity index (χ4n) is 2.59. The largest absolute Gasteiger partial charge is 0.465 e. The highest BCUT2D eigenvalue weighted by atomic mass is 32.2. The first kappa shape index (κ1) is 13.0. The van der Waals surface area contributed by atoms with Crippen LogP contribution < -0.4 is 5.32 Å². The van der Waals surface area contributed by atoms with Gasteiger partial charge in [-0.1, -0.05) is 19.8 Å². The molecule has 0 atom stereocenters. The van der Waals surface area contributed by atoms with Crippen LogP contribution in [0.2, 0.25) is 0 Å². The Kier molecular flexibility index (Phi) is 4.57. The molecule has 96 valence electrons. The van der Waals surface area contributed by atoms with Crippen molar-refractivity contribution in [2.45, 2.75) is 50.3 Å². The second kappa shape index (κ2) is 5.96. The van der Waals surface area contributed by atoms with E-state index < -0.39 is 0 Å². The van der Waals surface area contributed by atoms with E-state index >= 15 is 0 Å². The molecule has 3 heteroatoms. The van der Waals surface area contributed by atoms with E-state index in [2.05, 4.69) is 30.6 Å². The maximum Gasteiger partial charge on any atom is 0.117 e. The number of thioether (sulfide) groups is 1. The number of furan rings is 1. The quantitative estimate of drug-likeness (QED) is 0.838. The number of hydrogen-bond acceptors (Lipinski definition) is 3. The lowest BCUT2D eigenvalue weighted by molar-refractivity contribution is 0.438. The van der Waals surface area contributed by atoms with E-state index in [0.717, 1.165) is 31.0 Å². The van der Waals surface area contributed by atoms with E-state index in [1.165, 1.54) is 25.7 Å². The van der Waals surface area contributed by atoms with Crippen molar-refractivity contribution in [2.75, 3.05) is 12.8 Å². The molecule has 1 saturated carbocycles. The van der Waals surface area contributed by atoms with E-state index in [4.69, 9.17) is 4.42 Å². The first-order valence-corrected chi connectivity index (χ1v) is 7.84. The van der Waals surface area contributed by atoms with Crippen LogP contribution in [0.25, 0.3) is 0 Å². The van der Waals surface area contributed by atoms with E-state index in [-0.39, 0.29) is 0 Å². The maximum atomic E-state index is 5.69. The molecule has 1 aliphatic rings. The van der Waals surface area contributed by atoms with Crippen molar-refractivity contribution in [3.63, 3.8) is 0 Å². The topological polar surface area (TPSA) is 25.2 Å². The van der Waals surface area contributed by atoms with Gasteiger partial charge in [-0.15, -0.1) is 0 Å². The highest BCUT2D eigenvalue weighted by Crippen LogP contribution is 2.39. The Morgan fingerprint density at radius 2 is 2.00 bits per heavy atom. The third-order valence-corrected chi connectivity index (χ3v) is 5.18. The lowest BCUT2D eigenvalue weighted by Gasteiger charge is -2.26. The molecule has 0 radical (unpaired) electrons. The molecular formula is C14H23NOS. The molecule has 1 aliphatic carbocycles. The van der Waals surface area contributed by atoms with Gasteiger partial charge in [0.15, 0.2) is 0 Å². The van der Waals surface area contributed by atoms with Gasteiger partial charge in [0.2, 0.25) is 0 Å². The molecule has 1 heterocycles. The Bertz CT molecular complexity index is 342. The average Bonchev–Trinajstić information content (AvgIpc) is 2.98. The molecule has 0 aromatic carbocycles. The molecule has 0 unspecified atom stereocenters. The summed E-state index contributed by atoms with van der Waals surface area (Å²) in [6.07, 6.45) is 8.73. The predicted molar refractivity (Wildman–Crippen MR) is 74.5 cm³/mol. The Labute approximate surface area is 109 Å². The standard InChI is InChI=1S/C14H23NOS/c1-3-12-6-7-13(16-12)10-15-11-14(17-2)8-4-5-9-14/h6-7,15H,3-5,8-11H2,1-2H3. The van der Waals surface area contributed by atoms with Crippen LogP contribution in [0.4, 0.5) is 0 Å². The summed E-state index contributed by atoms with van der Waals surface area (Å²) in [6.45, 7) is 4.09. The number of rotatable bonds is 6. The van der Waals surface area contributed by atoms with Gasteiger partial charge in [0.25, 0.3) is 0 Å². The van der Waals surface area contributed by atoms with Crippen molar-refractivity contribution in [3.8, 4) is 0 Å². The van der Waals surface area contributed by atoms with Crippen LogP contribution in [0.5, 0.6) is 0 Å². The monoisotopic (exact) mass is 253 g/mol. The maximum absolute atomic E-state index is 5.69. The predicted octanol–water partition coefficient (Wildman–Crippen LogP) is 3.61. The van der Waals surface area contributed by atoms with E-state index in [0.29, 0.717) is 4.75 Å². The van der Waals surface area contributed by atoms with Crippen LogP contribution in [0, 0.1) is 0 Å². The molecule has 0 spiro atoms. The molecule has 0 aliphatic heterocycles. The minimum Gasteiger partial charge on any atom is -0.465 e. The summed E-state index contributed by atoms with van der Waals surface area (Å²) in [6, 6.07) is 4.17. The van der Waals surface area contributed by atoms with E-state index in [9.17, 15) is 0 Å². The SMILES string of the molecule is CCc1ccc(CNCC2(SC)CCCC2)o1. The Morgan fingerprint density at radius 1 is 1.29 bits per heavy atom. The lowest BCUT2D eigenvalue weighted by atomic mass is 10.1. The highest BCUT2D eigenvalue weighted by molar-refractivity contribution is 8.00. The number of hydrogen-bond donors (Lipinski definition) is 1. The van der Waals surface area contributed by atoms with Crippen molar-refractivity contribution in [1.29, 1.82) is 0 Å². The van der Waals surface area contributed by atoms with Gasteiger partial charge in [-0.3, -0.25) is 0 Å². The molecule has 1 aromatic heterocycles. The molecule has 0 saturated heterocycles. The average molecular weight is 253 g/mol. The molecular weight excluding hydrogens is 230 g/mol. The molecule has 2 rings (SSSR count). The van der Waals surface area contributed by atoms with Crippen LogP contribution >= 0.6 is 11.8 Å². The number of nitrogens with one attached hydrogen (secondary N) is 1. The summed E-state index contributed by atoms with van der Waals surface area (Å²) in [4.78, 5) is 0. The number of aryl methyl sites for hydroxylation is 1. The molecule has 1 aromatic rings. The fourth-order valence-corrected chi connectivity index (χ4v) is 3.54. The first-order valence-electron chi connectivity index (χ1n) is 6.61. The zero-order chi connectivity index (χ0) is 12.1. The second-order valence-electron chi connectivity index (χ2n) is 4.92. The minimum absolute atomic E-state index is 0.486. The summed E-state index contributed by atoms with van der Waals surface area (Å²) < 4.78 is 6.18. The third-order valence-electron chi connectivity index (χ3n) is 3.76. The van der Waals surface area contributed by atoms with E-state index in [1.54, 1.807) is 0 Å². The van der Waals surface area contributed by atoms with Gasteiger partial charge in [0.05, 0.1) is 6.54 Å². The normalized spacial score (nSPS) is 18.7. The molecule has 0 amide bonds. The molecule has 1 N–H and O–H groups in total. The van der Waals surface area contributed by atoms with Crippen LogP contribution in [0.1, 0.15) is 44.1 Å². The first-order chi connectivity index (χ1) is 8.28. The molecule has 2 nitrogen and oxygen atoms in total. The molecule has 1 fully saturated rings. The van der Waals surface area contributed by atoms with Gasteiger partial charge in [-0.2, -0.15) is 11.8 Å². The summed E-state index contributed by atoms with van der Waals surface area (Å²) in [5.74, 6) is 2.15. The fraction of sp³-hybridized carbons (Fsp3) is 0.714. The third kappa shape index (κ3) is 3.29. The van der Waals surface area contributed by atoms with Crippen LogP contribution in [-0.2, 0) is 13.0 Å². The molecule has 17 heavy (non-hydrogen) atoms.